The van der Waals surface area contributed by atoms with E-state index in [-0.39, 0.29) is 16.1 Å². The highest BCUT2D eigenvalue weighted by Gasteiger charge is 2.21. The molecule has 3 aromatic rings. The number of carboxylic acids is 1. The Labute approximate surface area is 182 Å². The van der Waals surface area contributed by atoms with Crippen molar-refractivity contribution in [3.8, 4) is 0 Å². The summed E-state index contributed by atoms with van der Waals surface area (Å²) in [5, 5.41) is 9.56. The van der Waals surface area contributed by atoms with Crippen LogP contribution in [0.1, 0.15) is 15.9 Å². The maximum atomic E-state index is 12.7. The van der Waals surface area contributed by atoms with Crippen molar-refractivity contribution < 1.29 is 18.3 Å². The lowest BCUT2D eigenvalue weighted by Crippen LogP contribution is -2.16. The highest BCUT2D eigenvalue weighted by atomic mass is 79.9. The number of hydrogen-bond acceptors (Lipinski definition) is 4. The van der Waals surface area contributed by atoms with E-state index in [1.54, 1.807) is 24.3 Å². The van der Waals surface area contributed by atoms with E-state index < -0.39 is 16.0 Å². The molecule has 5 nitrogen and oxygen atoms in total. The fourth-order valence-corrected chi connectivity index (χ4v) is 5.70. The van der Waals surface area contributed by atoms with Crippen molar-refractivity contribution >= 4 is 49.4 Å². The van der Waals surface area contributed by atoms with E-state index >= 15 is 0 Å². The Morgan fingerprint density at radius 3 is 2.38 bits per heavy atom. The van der Waals surface area contributed by atoms with Crippen LogP contribution in [0, 0.1) is 0 Å². The third-order valence-corrected chi connectivity index (χ3v) is 7.47. The molecule has 3 aromatic carbocycles. The molecule has 0 fully saturated rings. The van der Waals surface area contributed by atoms with E-state index in [0.717, 1.165) is 17.1 Å². The highest BCUT2D eigenvalue weighted by molar-refractivity contribution is 9.10. The van der Waals surface area contributed by atoms with Crippen molar-refractivity contribution in [3.05, 3.63) is 88.4 Å². The van der Waals surface area contributed by atoms with Gasteiger partial charge in [0.15, 0.2) is 0 Å². The van der Waals surface area contributed by atoms with Gasteiger partial charge in [0.25, 0.3) is 10.0 Å². The van der Waals surface area contributed by atoms with Gasteiger partial charge < -0.3 is 5.11 Å². The summed E-state index contributed by atoms with van der Waals surface area (Å²) in [7, 11) is -3.93. The zero-order valence-corrected chi connectivity index (χ0v) is 18.4. The van der Waals surface area contributed by atoms with Crippen molar-refractivity contribution in [2.24, 2.45) is 0 Å². The van der Waals surface area contributed by atoms with Crippen LogP contribution in [0.2, 0.25) is 0 Å². The maximum absolute atomic E-state index is 12.7. The third kappa shape index (κ3) is 5.62. The molecule has 0 spiro atoms. The van der Waals surface area contributed by atoms with Crippen molar-refractivity contribution in [1.82, 2.24) is 0 Å². The van der Waals surface area contributed by atoms with Crippen molar-refractivity contribution in [2.75, 3.05) is 10.5 Å². The molecule has 8 heteroatoms. The first-order valence-corrected chi connectivity index (χ1v) is 11.9. The van der Waals surface area contributed by atoms with Gasteiger partial charge in [-0.15, -0.1) is 11.8 Å². The predicted octanol–water partition coefficient (Wildman–Crippen LogP) is 5.28. The zero-order valence-electron chi connectivity index (χ0n) is 15.2. The first-order valence-electron chi connectivity index (χ1n) is 8.68. The Morgan fingerprint density at radius 1 is 1.00 bits per heavy atom. The summed E-state index contributed by atoms with van der Waals surface area (Å²) >= 11 is 4.74. The monoisotopic (exact) mass is 491 g/mol. The number of aryl methyl sites for hydroxylation is 1. The lowest BCUT2D eigenvalue weighted by Gasteiger charge is -2.13. The summed E-state index contributed by atoms with van der Waals surface area (Å²) in [6, 6.07) is 21.1. The maximum Gasteiger partial charge on any atom is 0.337 e. The van der Waals surface area contributed by atoms with Gasteiger partial charge in [0, 0.05) is 15.1 Å². The number of benzene rings is 3. The largest absolute Gasteiger partial charge is 0.478 e. The number of rotatable bonds is 8. The van der Waals surface area contributed by atoms with Gasteiger partial charge in [-0.2, -0.15) is 0 Å². The van der Waals surface area contributed by atoms with Crippen molar-refractivity contribution in [1.29, 1.82) is 0 Å². The average molecular weight is 492 g/mol. The van der Waals surface area contributed by atoms with Crippen LogP contribution in [0.3, 0.4) is 0 Å². The first kappa shape index (κ1) is 21.4. The summed E-state index contributed by atoms with van der Waals surface area (Å²) in [6.07, 6.45) is 0.852. The summed E-state index contributed by atoms with van der Waals surface area (Å²) in [6.45, 7) is 0. The van der Waals surface area contributed by atoms with E-state index in [9.17, 15) is 18.3 Å². The zero-order chi connectivity index (χ0) is 20.9. The molecule has 0 unspecified atom stereocenters. The minimum absolute atomic E-state index is 0.0284. The van der Waals surface area contributed by atoms with Gasteiger partial charge in [0.2, 0.25) is 0 Å². The molecule has 0 radical (unpaired) electrons. The van der Waals surface area contributed by atoms with Crippen LogP contribution in [0.25, 0.3) is 0 Å². The molecule has 0 aliphatic heterocycles. The van der Waals surface area contributed by atoms with Crippen LogP contribution in [0.15, 0.2) is 87.1 Å². The minimum atomic E-state index is -3.93. The van der Waals surface area contributed by atoms with Gasteiger partial charge >= 0.3 is 5.97 Å². The number of aromatic carboxylic acids is 1. The van der Waals surface area contributed by atoms with Gasteiger partial charge in [0.1, 0.15) is 4.90 Å². The normalized spacial score (nSPS) is 11.2. The van der Waals surface area contributed by atoms with E-state index in [1.807, 2.05) is 30.3 Å². The Kier molecular flexibility index (Phi) is 7.00. The standard InChI is InChI=1S/C21H18BrNO4S2/c22-18-8-4-5-9-20(18)29(26,27)23-19-11-10-16(14-17(19)21(24)25)28-13-12-15-6-2-1-3-7-15/h1-11,14,23H,12-13H2,(H,24,25). The number of nitrogens with one attached hydrogen (secondary N) is 1. The minimum Gasteiger partial charge on any atom is -0.478 e. The summed E-state index contributed by atoms with van der Waals surface area (Å²) < 4.78 is 28.1. The molecule has 0 atom stereocenters. The second kappa shape index (κ2) is 9.47. The number of hydrogen-bond donors (Lipinski definition) is 2. The Hall–Kier alpha value is -2.29. The lowest BCUT2D eigenvalue weighted by molar-refractivity contribution is 0.0698. The second-order valence-corrected chi connectivity index (χ2v) is 9.81. The molecule has 2 N–H and O–H groups in total. The fourth-order valence-electron chi connectivity index (χ4n) is 2.67. The molecule has 150 valence electrons. The summed E-state index contributed by atoms with van der Waals surface area (Å²) in [4.78, 5) is 12.5. The SMILES string of the molecule is O=C(O)c1cc(SCCc2ccccc2)ccc1NS(=O)(=O)c1ccccc1Br. The predicted molar refractivity (Wildman–Crippen MR) is 119 cm³/mol. The Balaban J connectivity index is 1.78. The highest BCUT2D eigenvalue weighted by Crippen LogP contribution is 2.29. The first-order chi connectivity index (χ1) is 13.9. The van der Waals surface area contributed by atoms with Crippen LogP contribution in [0.5, 0.6) is 0 Å². The molecule has 0 bridgehead atoms. The quantitative estimate of drug-likeness (QED) is 0.418. The number of carbonyl (C=O) groups is 1. The summed E-state index contributed by atoms with van der Waals surface area (Å²) in [5.74, 6) is -0.411. The third-order valence-electron chi connectivity index (χ3n) is 4.09. The van der Waals surface area contributed by atoms with E-state index in [2.05, 4.69) is 20.7 Å². The molecule has 0 aliphatic carbocycles. The molecular formula is C21H18BrNO4S2. The van der Waals surface area contributed by atoms with E-state index in [4.69, 9.17) is 0 Å². The number of anilines is 1. The molecule has 0 heterocycles. The van der Waals surface area contributed by atoms with Gasteiger partial charge in [-0.1, -0.05) is 42.5 Å². The second-order valence-electron chi connectivity index (χ2n) is 6.13. The number of carboxylic acid groups (broad SMARTS) is 1. The average Bonchev–Trinajstić information content (AvgIpc) is 2.69. The molecule has 0 saturated heterocycles. The van der Waals surface area contributed by atoms with Crippen LogP contribution in [-0.2, 0) is 16.4 Å². The van der Waals surface area contributed by atoms with Crippen LogP contribution < -0.4 is 4.72 Å². The molecule has 3 rings (SSSR count). The fraction of sp³-hybridized carbons (Fsp3) is 0.0952. The number of halogens is 1. The van der Waals surface area contributed by atoms with Gasteiger partial charge in [0.05, 0.1) is 11.3 Å². The topological polar surface area (TPSA) is 83.5 Å². The van der Waals surface area contributed by atoms with Gasteiger partial charge in [-0.3, -0.25) is 4.72 Å². The Morgan fingerprint density at radius 2 is 1.69 bits per heavy atom. The van der Waals surface area contributed by atoms with Gasteiger partial charge in [-0.05, 0) is 58.2 Å². The van der Waals surface area contributed by atoms with Crippen LogP contribution in [-0.4, -0.2) is 25.2 Å². The molecular weight excluding hydrogens is 474 g/mol. The van der Waals surface area contributed by atoms with Crippen LogP contribution in [0.4, 0.5) is 5.69 Å². The van der Waals surface area contributed by atoms with Crippen LogP contribution >= 0.6 is 27.7 Å². The molecule has 29 heavy (non-hydrogen) atoms. The molecule has 0 saturated carbocycles. The molecule has 0 amide bonds. The molecule has 0 aromatic heterocycles. The van der Waals surface area contributed by atoms with E-state index in [1.165, 1.54) is 35.5 Å². The number of sulfonamides is 1. The Bertz CT molecular complexity index is 1120. The van der Waals surface area contributed by atoms with E-state index in [0.29, 0.717) is 4.47 Å². The molecule has 0 aliphatic rings. The lowest BCUT2D eigenvalue weighted by atomic mass is 10.2. The number of thioether (sulfide) groups is 1. The summed E-state index contributed by atoms with van der Waals surface area (Å²) in [5.41, 5.74) is 1.14. The smallest absolute Gasteiger partial charge is 0.337 e. The van der Waals surface area contributed by atoms with Gasteiger partial charge in [-0.25, -0.2) is 13.2 Å². The van der Waals surface area contributed by atoms with Crippen molar-refractivity contribution in [3.63, 3.8) is 0 Å². The van der Waals surface area contributed by atoms with Crippen molar-refractivity contribution in [2.45, 2.75) is 16.2 Å².